The van der Waals surface area contributed by atoms with Crippen molar-refractivity contribution >= 4 is 34.1 Å². The van der Waals surface area contributed by atoms with Gasteiger partial charge >= 0.3 is 0 Å². The molecule has 6 heteroatoms. The summed E-state index contributed by atoms with van der Waals surface area (Å²) in [6.07, 6.45) is 4.76. The van der Waals surface area contributed by atoms with Crippen LogP contribution in [0.4, 0.5) is 0 Å². The molecule has 0 aliphatic heterocycles. The maximum atomic E-state index is 12.3. The molecule has 1 aromatic carbocycles. The summed E-state index contributed by atoms with van der Waals surface area (Å²) in [7, 11) is 0.769. The Morgan fingerprint density at radius 3 is 2.32 bits per heavy atom. The van der Waals surface area contributed by atoms with Crippen LogP contribution in [0.1, 0.15) is 18.4 Å². The van der Waals surface area contributed by atoms with Crippen molar-refractivity contribution in [2.24, 2.45) is 5.92 Å². The van der Waals surface area contributed by atoms with E-state index in [2.05, 4.69) is 0 Å². The standard InChI is InChI=1S/C16H21NO3S.ClH/c1-17(2)11-14-7-6-13(16(14)18)10-12-4-8-15(9-5-12)21(3,19)20;/h4-5,8-10,14H,6-7,11H2,1-3H3;1H. The van der Waals surface area contributed by atoms with E-state index in [9.17, 15) is 13.2 Å². The van der Waals surface area contributed by atoms with Crippen LogP contribution < -0.4 is 0 Å². The number of Topliss-reactive ketones (excluding diaryl/α,β-unsaturated/α-hetero) is 1. The number of benzene rings is 1. The van der Waals surface area contributed by atoms with E-state index >= 15 is 0 Å². The molecule has 1 unspecified atom stereocenters. The summed E-state index contributed by atoms with van der Waals surface area (Å²) in [6.45, 7) is 0.781. The first-order valence-corrected chi connectivity index (χ1v) is 8.86. The molecule has 0 radical (unpaired) electrons. The first-order chi connectivity index (χ1) is 9.77. The molecule has 1 aromatic rings. The van der Waals surface area contributed by atoms with E-state index in [4.69, 9.17) is 0 Å². The van der Waals surface area contributed by atoms with Crippen LogP contribution >= 0.6 is 12.4 Å². The summed E-state index contributed by atoms with van der Waals surface area (Å²) >= 11 is 0. The van der Waals surface area contributed by atoms with E-state index in [1.165, 1.54) is 6.26 Å². The average molecular weight is 344 g/mol. The molecule has 0 spiro atoms. The third-order valence-electron chi connectivity index (χ3n) is 3.68. The van der Waals surface area contributed by atoms with Gasteiger partial charge in [-0.15, -0.1) is 12.4 Å². The van der Waals surface area contributed by atoms with Gasteiger partial charge in [0, 0.05) is 18.7 Å². The van der Waals surface area contributed by atoms with Crippen molar-refractivity contribution in [1.82, 2.24) is 4.90 Å². The van der Waals surface area contributed by atoms with Crippen molar-refractivity contribution in [3.05, 3.63) is 35.4 Å². The highest BCUT2D eigenvalue weighted by Crippen LogP contribution is 2.29. The van der Waals surface area contributed by atoms with Gasteiger partial charge in [0.05, 0.1) is 4.90 Å². The molecule has 1 fully saturated rings. The molecular formula is C16H22ClNO3S. The monoisotopic (exact) mass is 343 g/mol. The van der Waals surface area contributed by atoms with E-state index in [0.717, 1.165) is 30.5 Å². The summed E-state index contributed by atoms with van der Waals surface area (Å²) in [4.78, 5) is 14.6. The van der Waals surface area contributed by atoms with Crippen LogP contribution in [-0.4, -0.2) is 46.0 Å². The number of hydrogen-bond donors (Lipinski definition) is 0. The highest BCUT2D eigenvalue weighted by atomic mass is 35.5. The summed E-state index contributed by atoms with van der Waals surface area (Å²) < 4.78 is 22.8. The second-order valence-electron chi connectivity index (χ2n) is 5.87. The Labute approximate surface area is 138 Å². The third kappa shape index (κ3) is 4.66. The molecular weight excluding hydrogens is 322 g/mol. The van der Waals surface area contributed by atoms with E-state index in [1.54, 1.807) is 24.3 Å². The second-order valence-corrected chi connectivity index (χ2v) is 7.89. The lowest BCUT2D eigenvalue weighted by atomic mass is 10.0. The van der Waals surface area contributed by atoms with Gasteiger partial charge in [0.15, 0.2) is 15.6 Å². The van der Waals surface area contributed by atoms with Gasteiger partial charge in [-0.3, -0.25) is 4.79 Å². The number of ketones is 1. The van der Waals surface area contributed by atoms with Gasteiger partial charge in [-0.05, 0) is 56.3 Å². The van der Waals surface area contributed by atoms with E-state index in [0.29, 0.717) is 4.90 Å². The zero-order valence-electron chi connectivity index (χ0n) is 13.1. The van der Waals surface area contributed by atoms with Gasteiger partial charge in [0.2, 0.25) is 0 Å². The van der Waals surface area contributed by atoms with Crippen LogP contribution in [0.2, 0.25) is 0 Å². The molecule has 122 valence electrons. The Bertz CT molecular complexity index is 663. The lowest BCUT2D eigenvalue weighted by Gasteiger charge is -2.13. The Morgan fingerprint density at radius 2 is 1.82 bits per heavy atom. The second kappa shape index (κ2) is 7.40. The maximum absolute atomic E-state index is 12.3. The van der Waals surface area contributed by atoms with Crippen molar-refractivity contribution < 1.29 is 13.2 Å². The predicted octanol–water partition coefficient (Wildman–Crippen LogP) is 2.44. The molecule has 1 atom stereocenters. The molecule has 0 saturated heterocycles. The molecule has 0 amide bonds. The van der Waals surface area contributed by atoms with Crippen LogP contribution in [0.15, 0.2) is 34.7 Å². The number of halogens is 1. The largest absolute Gasteiger partial charge is 0.309 e. The van der Waals surface area contributed by atoms with E-state index < -0.39 is 9.84 Å². The Balaban J connectivity index is 0.00000242. The van der Waals surface area contributed by atoms with Crippen LogP contribution in [0.25, 0.3) is 6.08 Å². The molecule has 0 bridgehead atoms. The fourth-order valence-electron chi connectivity index (χ4n) is 2.62. The van der Waals surface area contributed by atoms with Crippen LogP contribution in [0, 0.1) is 5.92 Å². The highest BCUT2D eigenvalue weighted by molar-refractivity contribution is 7.90. The minimum Gasteiger partial charge on any atom is -0.309 e. The first-order valence-electron chi connectivity index (χ1n) is 6.97. The number of allylic oxidation sites excluding steroid dienone is 1. The van der Waals surface area contributed by atoms with E-state index in [1.807, 2.05) is 25.1 Å². The summed E-state index contributed by atoms with van der Waals surface area (Å²) in [6, 6.07) is 6.66. The summed E-state index contributed by atoms with van der Waals surface area (Å²) in [5.74, 6) is 0.303. The van der Waals surface area contributed by atoms with Gasteiger partial charge < -0.3 is 4.90 Å². The minimum atomic E-state index is -3.17. The first kappa shape index (κ1) is 18.9. The Morgan fingerprint density at radius 1 is 1.23 bits per heavy atom. The number of nitrogens with zero attached hydrogens (tertiary/aromatic N) is 1. The zero-order valence-corrected chi connectivity index (χ0v) is 14.7. The molecule has 0 N–H and O–H groups in total. The Kier molecular flexibility index (Phi) is 6.35. The van der Waals surface area contributed by atoms with Gasteiger partial charge in [0.1, 0.15) is 0 Å². The zero-order chi connectivity index (χ0) is 15.6. The number of carbonyl (C=O) groups excluding carboxylic acids is 1. The van der Waals surface area contributed by atoms with Gasteiger partial charge in [-0.25, -0.2) is 8.42 Å². The normalized spacial score (nSPS) is 20.5. The lowest BCUT2D eigenvalue weighted by Crippen LogP contribution is -2.24. The number of rotatable bonds is 4. The van der Waals surface area contributed by atoms with E-state index in [-0.39, 0.29) is 24.1 Å². The smallest absolute Gasteiger partial charge is 0.175 e. The molecule has 2 rings (SSSR count). The SMILES string of the molecule is CN(C)CC1CCC(=Cc2ccc(S(C)(=O)=O)cc2)C1=O.Cl. The molecule has 1 saturated carbocycles. The van der Waals surface area contributed by atoms with Crippen molar-refractivity contribution in [3.8, 4) is 0 Å². The average Bonchev–Trinajstić information content (AvgIpc) is 2.70. The summed E-state index contributed by atoms with van der Waals surface area (Å²) in [5, 5.41) is 0. The van der Waals surface area contributed by atoms with Crippen molar-refractivity contribution in [3.63, 3.8) is 0 Å². The third-order valence-corrected chi connectivity index (χ3v) is 4.81. The van der Waals surface area contributed by atoms with Crippen LogP contribution in [0.5, 0.6) is 0 Å². The quantitative estimate of drug-likeness (QED) is 0.788. The van der Waals surface area contributed by atoms with Crippen LogP contribution in [0.3, 0.4) is 0 Å². The van der Waals surface area contributed by atoms with Gasteiger partial charge in [0.25, 0.3) is 0 Å². The van der Waals surface area contributed by atoms with Crippen LogP contribution in [-0.2, 0) is 14.6 Å². The molecule has 1 aliphatic rings. The molecule has 22 heavy (non-hydrogen) atoms. The predicted molar refractivity (Wildman–Crippen MR) is 91.1 cm³/mol. The van der Waals surface area contributed by atoms with Crippen molar-refractivity contribution in [1.29, 1.82) is 0 Å². The lowest BCUT2D eigenvalue weighted by molar-refractivity contribution is -0.118. The van der Waals surface area contributed by atoms with Crippen molar-refractivity contribution in [2.45, 2.75) is 17.7 Å². The maximum Gasteiger partial charge on any atom is 0.175 e. The fourth-order valence-corrected chi connectivity index (χ4v) is 3.25. The number of carbonyl (C=O) groups is 1. The molecule has 4 nitrogen and oxygen atoms in total. The minimum absolute atomic E-state index is 0. The van der Waals surface area contributed by atoms with Gasteiger partial charge in [-0.1, -0.05) is 12.1 Å². The topological polar surface area (TPSA) is 54.5 Å². The Hall–Kier alpha value is -1.17. The number of hydrogen-bond acceptors (Lipinski definition) is 4. The number of sulfone groups is 1. The highest BCUT2D eigenvalue weighted by Gasteiger charge is 2.29. The van der Waals surface area contributed by atoms with Gasteiger partial charge in [-0.2, -0.15) is 0 Å². The summed E-state index contributed by atoms with van der Waals surface area (Å²) in [5.41, 5.74) is 1.71. The fraction of sp³-hybridized carbons (Fsp3) is 0.438. The van der Waals surface area contributed by atoms with Crippen molar-refractivity contribution in [2.75, 3.05) is 26.9 Å². The molecule has 1 aliphatic carbocycles. The molecule has 0 aromatic heterocycles. The molecule has 0 heterocycles.